The van der Waals surface area contributed by atoms with Gasteiger partial charge < -0.3 is 15.0 Å². The molecule has 2 aromatic heterocycles. The van der Waals surface area contributed by atoms with E-state index in [2.05, 4.69) is 9.97 Å². The zero-order valence-electron chi connectivity index (χ0n) is 13.7. The summed E-state index contributed by atoms with van der Waals surface area (Å²) in [5.41, 5.74) is 1.10. The molecule has 0 bridgehead atoms. The van der Waals surface area contributed by atoms with E-state index in [0.29, 0.717) is 18.5 Å². The molecule has 3 aromatic rings. The summed E-state index contributed by atoms with van der Waals surface area (Å²) < 4.78 is 0. The number of nitrogens with one attached hydrogen (secondary N) is 1. The molecule has 128 valence electrons. The number of hydrogen-bond donors (Lipinski definition) is 2. The minimum Gasteiger partial charge on any atom is -0.480 e. The molecule has 2 heterocycles. The Labute approximate surface area is 148 Å². The first-order chi connectivity index (χ1) is 12.0. The summed E-state index contributed by atoms with van der Waals surface area (Å²) in [5.74, 6) is -1.39. The van der Waals surface area contributed by atoms with Gasteiger partial charge in [0.2, 0.25) is 5.91 Å². The number of carbonyl (C=O) groups is 2. The number of rotatable bonds is 4. The number of aliphatic carboxylic acids is 1. The Balaban J connectivity index is 1.76. The molecule has 1 amide bonds. The van der Waals surface area contributed by atoms with E-state index < -0.39 is 11.4 Å². The van der Waals surface area contributed by atoms with Gasteiger partial charge in [-0.3, -0.25) is 9.59 Å². The Hall–Kier alpha value is -2.67. The van der Waals surface area contributed by atoms with Gasteiger partial charge in [-0.15, -0.1) is 11.3 Å². The first-order valence-corrected chi connectivity index (χ1v) is 8.94. The van der Waals surface area contributed by atoms with E-state index in [1.54, 1.807) is 13.2 Å². The van der Waals surface area contributed by atoms with Crippen LogP contribution in [0.4, 0.5) is 5.69 Å². The maximum Gasteiger partial charge on any atom is 0.319 e. The van der Waals surface area contributed by atoms with Gasteiger partial charge in [0.05, 0.1) is 16.9 Å². The molecular formula is C18H17N3O3S. The zero-order chi connectivity index (χ0) is 17.6. The minimum atomic E-state index is -1.28. The van der Waals surface area contributed by atoms with Crippen molar-refractivity contribution in [2.45, 2.75) is 19.3 Å². The highest BCUT2D eigenvalue weighted by Crippen LogP contribution is 2.44. The summed E-state index contributed by atoms with van der Waals surface area (Å²) in [6, 6.07) is 7.65. The van der Waals surface area contributed by atoms with E-state index in [9.17, 15) is 14.7 Å². The van der Waals surface area contributed by atoms with Crippen molar-refractivity contribution in [1.29, 1.82) is 0 Å². The van der Waals surface area contributed by atoms with Crippen LogP contribution in [0.2, 0.25) is 0 Å². The minimum absolute atomic E-state index is 0.357. The highest BCUT2D eigenvalue weighted by molar-refractivity contribution is 7.13. The Morgan fingerprint density at radius 2 is 2.16 bits per heavy atom. The molecule has 1 aliphatic carbocycles. The summed E-state index contributed by atoms with van der Waals surface area (Å²) >= 11 is 1.53. The molecular weight excluding hydrogens is 338 g/mol. The number of H-pyrrole nitrogens is 1. The maximum absolute atomic E-state index is 12.9. The molecule has 0 radical (unpaired) electrons. The highest BCUT2D eigenvalue weighted by Gasteiger charge is 2.52. The molecule has 0 unspecified atom stereocenters. The van der Waals surface area contributed by atoms with Crippen molar-refractivity contribution in [2.75, 3.05) is 11.9 Å². The average molecular weight is 355 g/mol. The lowest BCUT2D eigenvalue weighted by molar-refractivity contribution is -0.160. The van der Waals surface area contributed by atoms with Crippen LogP contribution in [-0.4, -0.2) is 34.0 Å². The van der Waals surface area contributed by atoms with Crippen LogP contribution >= 0.6 is 11.3 Å². The lowest BCUT2D eigenvalue weighted by atomic mass is 9.67. The fourth-order valence-electron chi connectivity index (χ4n) is 3.37. The molecule has 7 heteroatoms. The van der Waals surface area contributed by atoms with Crippen LogP contribution in [-0.2, 0) is 9.59 Å². The van der Waals surface area contributed by atoms with Crippen LogP contribution in [0.25, 0.3) is 21.6 Å². The van der Waals surface area contributed by atoms with Gasteiger partial charge in [-0.2, -0.15) is 0 Å². The van der Waals surface area contributed by atoms with Gasteiger partial charge in [0, 0.05) is 24.0 Å². The topological polar surface area (TPSA) is 86.3 Å². The molecule has 1 fully saturated rings. The smallest absolute Gasteiger partial charge is 0.319 e. The van der Waals surface area contributed by atoms with E-state index >= 15 is 0 Å². The lowest BCUT2D eigenvalue weighted by Crippen LogP contribution is -2.51. The molecule has 1 aromatic carbocycles. The van der Waals surface area contributed by atoms with Crippen LogP contribution in [0, 0.1) is 5.41 Å². The fraction of sp³-hybridized carbons (Fsp3) is 0.278. The van der Waals surface area contributed by atoms with Crippen molar-refractivity contribution in [3.05, 3.63) is 35.8 Å². The first-order valence-electron chi connectivity index (χ1n) is 8.06. The normalized spacial score (nSPS) is 15.7. The van der Waals surface area contributed by atoms with Gasteiger partial charge >= 0.3 is 5.97 Å². The highest BCUT2D eigenvalue weighted by atomic mass is 32.1. The number of carboxylic acids is 1. The third-order valence-corrected chi connectivity index (χ3v) is 5.80. The second kappa shape index (κ2) is 5.70. The molecule has 0 spiro atoms. The van der Waals surface area contributed by atoms with Crippen molar-refractivity contribution >= 4 is 39.8 Å². The van der Waals surface area contributed by atoms with E-state index in [4.69, 9.17) is 0 Å². The number of aromatic nitrogens is 2. The average Bonchev–Trinajstić information content (AvgIpc) is 3.20. The Morgan fingerprint density at radius 1 is 1.36 bits per heavy atom. The summed E-state index contributed by atoms with van der Waals surface area (Å²) in [4.78, 5) is 33.6. The number of thiazole rings is 1. The molecule has 0 aliphatic heterocycles. The fourth-order valence-corrected chi connectivity index (χ4v) is 3.98. The van der Waals surface area contributed by atoms with Crippen LogP contribution in [0.3, 0.4) is 0 Å². The third-order valence-electron chi connectivity index (χ3n) is 4.99. The van der Waals surface area contributed by atoms with E-state index in [-0.39, 0.29) is 5.91 Å². The molecule has 6 nitrogen and oxygen atoms in total. The quantitative estimate of drug-likeness (QED) is 0.701. The van der Waals surface area contributed by atoms with Gasteiger partial charge in [-0.25, -0.2) is 4.98 Å². The standard InChI is InChI=1S/C18H17N3O3S/c1-21(16(22)18(17(23)24)6-3-7-18)13-5-2-4-11-10-12(20-14(11)13)15-19-8-9-25-15/h2,4-5,8-10,20H,3,6-7H2,1H3,(H,23,24). The number of para-hydroxylation sites is 1. The predicted molar refractivity (Wildman–Crippen MR) is 96.7 cm³/mol. The number of nitrogens with zero attached hydrogens (tertiary/aromatic N) is 2. The number of amides is 1. The number of benzene rings is 1. The van der Waals surface area contributed by atoms with Crippen LogP contribution in [0.1, 0.15) is 19.3 Å². The number of aromatic amines is 1. The Kier molecular flexibility index (Phi) is 3.61. The SMILES string of the molecule is CN(C(=O)C1(C(=O)O)CCC1)c1cccc2cc(-c3nccs3)[nH]c12. The number of carboxylic acid groups (broad SMARTS) is 1. The molecule has 1 saturated carbocycles. The van der Waals surface area contributed by atoms with Crippen molar-refractivity contribution in [3.8, 4) is 10.7 Å². The van der Waals surface area contributed by atoms with Crippen LogP contribution in [0.5, 0.6) is 0 Å². The van der Waals surface area contributed by atoms with Gasteiger partial charge in [0.1, 0.15) is 10.4 Å². The monoisotopic (exact) mass is 355 g/mol. The zero-order valence-corrected chi connectivity index (χ0v) is 14.5. The van der Waals surface area contributed by atoms with Crippen molar-refractivity contribution in [2.24, 2.45) is 5.41 Å². The second-order valence-corrected chi connectivity index (χ2v) is 7.26. The largest absolute Gasteiger partial charge is 0.480 e. The Morgan fingerprint density at radius 3 is 2.76 bits per heavy atom. The van der Waals surface area contributed by atoms with Crippen molar-refractivity contribution in [1.82, 2.24) is 9.97 Å². The van der Waals surface area contributed by atoms with Gasteiger partial charge in [-0.1, -0.05) is 18.6 Å². The lowest BCUT2D eigenvalue weighted by Gasteiger charge is -2.38. The van der Waals surface area contributed by atoms with E-state index in [1.807, 2.05) is 29.6 Å². The third kappa shape index (κ3) is 2.34. The number of fused-ring (bicyclic) bond motifs is 1. The number of anilines is 1. The molecule has 0 atom stereocenters. The van der Waals surface area contributed by atoms with Crippen molar-refractivity contribution < 1.29 is 14.7 Å². The molecule has 4 rings (SSSR count). The van der Waals surface area contributed by atoms with Crippen LogP contribution < -0.4 is 4.90 Å². The summed E-state index contributed by atoms with van der Waals surface area (Å²) in [5, 5.41) is 13.3. The van der Waals surface area contributed by atoms with Gasteiger partial charge in [0.15, 0.2) is 0 Å². The van der Waals surface area contributed by atoms with Gasteiger partial charge in [0.25, 0.3) is 0 Å². The van der Waals surface area contributed by atoms with E-state index in [0.717, 1.165) is 28.0 Å². The molecule has 25 heavy (non-hydrogen) atoms. The van der Waals surface area contributed by atoms with E-state index in [1.165, 1.54) is 16.2 Å². The molecule has 2 N–H and O–H groups in total. The second-order valence-electron chi connectivity index (χ2n) is 6.37. The summed E-state index contributed by atoms with van der Waals surface area (Å²) in [7, 11) is 1.64. The summed E-state index contributed by atoms with van der Waals surface area (Å²) in [6.45, 7) is 0. The van der Waals surface area contributed by atoms with Gasteiger partial charge in [-0.05, 0) is 25.0 Å². The Bertz CT molecular complexity index is 957. The maximum atomic E-state index is 12.9. The number of carbonyl (C=O) groups excluding carboxylic acids is 1. The first kappa shape index (κ1) is 15.8. The summed E-state index contributed by atoms with van der Waals surface area (Å²) in [6.07, 6.45) is 3.31. The molecule has 0 saturated heterocycles. The predicted octanol–water partition coefficient (Wildman–Crippen LogP) is 3.51. The van der Waals surface area contributed by atoms with Crippen molar-refractivity contribution in [3.63, 3.8) is 0 Å². The van der Waals surface area contributed by atoms with Crippen LogP contribution in [0.15, 0.2) is 35.8 Å². The number of hydrogen-bond acceptors (Lipinski definition) is 4. The molecule has 1 aliphatic rings.